The lowest BCUT2D eigenvalue weighted by Crippen LogP contribution is -2.54. The molecule has 0 aromatic rings. The number of hydrogen-bond donors (Lipinski definition) is 2. The fourth-order valence-corrected chi connectivity index (χ4v) is 1.74. The van der Waals surface area contributed by atoms with Gasteiger partial charge in [-0.3, -0.25) is 10.3 Å². The minimum atomic E-state index is -0.237. The van der Waals surface area contributed by atoms with Gasteiger partial charge in [0.2, 0.25) is 0 Å². The lowest BCUT2D eigenvalue weighted by molar-refractivity contribution is 0.540. The molecule has 0 spiro atoms. The van der Waals surface area contributed by atoms with Crippen LogP contribution < -0.4 is 10.6 Å². The highest BCUT2D eigenvalue weighted by Gasteiger charge is 2.33. The minimum absolute atomic E-state index is 0.237. The zero-order valence-electron chi connectivity index (χ0n) is 9.77. The number of aliphatic imine (C=N–C) groups is 1. The Morgan fingerprint density at radius 1 is 1.73 bits per heavy atom. The second-order valence-corrected chi connectivity index (χ2v) is 3.91. The first-order valence-corrected chi connectivity index (χ1v) is 5.48. The maximum atomic E-state index is 4.48. The van der Waals surface area contributed by atoms with E-state index in [1.807, 2.05) is 6.08 Å². The molecule has 0 amide bonds. The number of amidine groups is 1. The summed E-state index contributed by atoms with van der Waals surface area (Å²) in [6.07, 6.45) is 2.80. The smallest absolute Gasteiger partial charge is 0.121 e. The normalized spacial score (nSPS) is 18.9. The lowest BCUT2D eigenvalue weighted by atomic mass is 9.89. The Hall–Kier alpha value is -1.09. The van der Waals surface area contributed by atoms with E-state index in [9.17, 15) is 0 Å². The predicted molar refractivity (Wildman–Crippen MR) is 66.3 cm³/mol. The maximum absolute atomic E-state index is 4.48. The van der Waals surface area contributed by atoms with Crippen LogP contribution in [-0.4, -0.2) is 31.0 Å². The van der Waals surface area contributed by atoms with Crippen LogP contribution in [0.15, 0.2) is 29.8 Å². The third-order valence-electron chi connectivity index (χ3n) is 2.88. The summed E-state index contributed by atoms with van der Waals surface area (Å²) in [6, 6.07) is 0. The predicted octanol–water partition coefficient (Wildman–Crippen LogP) is 1.49. The van der Waals surface area contributed by atoms with E-state index >= 15 is 0 Å². The van der Waals surface area contributed by atoms with Crippen molar-refractivity contribution in [2.75, 3.05) is 19.6 Å². The van der Waals surface area contributed by atoms with E-state index in [0.717, 1.165) is 37.5 Å². The minimum Gasteiger partial charge on any atom is -0.370 e. The van der Waals surface area contributed by atoms with E-state index in [2.05, 4.69) is 42.6 Å². The molecule has 0 bridgehead atoms. The van der Waals surface area contributed by atoms with Crippen molar-refractivity contribution in [3.63, 3.8) is 0 Å². The highest BCUT2D eigenvalue weighted by Crippen LogP contribution is 2.20. The molecule has 0 aliphatic carbocycles. The van der Waals surface area contributed by atoms with Crippen LogP contribution in [-0.2, 0) is 0 Å². The number of hydrogen-bond acceptors (Lipinski definition) is 3. The van der Waals surface area contributed by atoms with Crippen molar-refractivity contribution in [1.82, 2.24) is 10.6 Å². The summed E-state index contributed by atoms with van der Waals surface area (Å²) in [7, 11) is 0. The summed E-state index contributed by atoms with van der Waals surface area (Å²) in [5.74, 6) is 1.01. The molecule has 0 aromatic heterocycles. The number of rotatable bonds is 6. The van der Waals surface area contributed by atoms with Gasteiger partial charge in [-0.15, -0.1) is 6.58 Å². The molecule has 1 rings (SSSR count). The van der Waals surface area contributed by atoms with Gasteiger partial charge in [0, 0.05) is 13.1 Å². The van der Waals surface area contributed by atoms with E-state index in [1.54, 1.807) is 0 Å². The van der Waals surface area contributed by atoms with Gasteiger partial charge in [-0.25, -0.2) is 0 Å². The topological polar surface area (TPSA) is 36.4 Å². The van der Waals surface area contributed by atoms with E-state index in [1.165, 1.54) is 0 Å². The standard InChI is InChI=1S/C12H21N3/c1-5-7-15-12(4,10(3)6-2)11-13-8-9-14-11/h5,15H,1,3,6-9H2,2,4H3,(H,13,14). The van der Waals surface area contributed by atoms with E-state index in [-0.39, 0.29) is 5.54 Å². The molecule has 84 valence electrons. The van der Waals surface area contributed by atoms with Crippen molar-refractivity contribution in [3.8, 4) is 0 Å². The number of nitrogens with one attached hydrogen (secondary N) is 2. The third kappa shape index (κ3) is 2.48. The lowest BCUT2D eigenvalue weighted by Gasteiger charge is -2.32. The Labute approximate surface area is 92.4 Å². The van der Waals surface area contributed by atoms with Crippen molar-refractivity contribution < 1.29 is 0 Å². The van der Waals surface area contributed by atoms with E-state index in [4.69, 9.17) is 0 Å². The van der Waals surface area contributed by atoms with Crippen molar-refractivity contribution in [3.05, 3.63) is 24.8 Å². The number of nitrogens with zero attached hydrogens (tertiary/aromatic N) is 1. The fraction of sp³-hybridized carbons (Fsp3) is 0.583. The molecule has 15 heavy (non-hydrogen) atoms. The molecular weight excluding hydrogens is 186 g/mol. The monoisotopic (exact) mass is 207 g/mol. The molecule has 0 aromatic carbocycles. The van der Waals surface area contributed by atoms with Gasteiger partial charge in [-0.05, 0) is 13.3 Å². The van der Waals surface area contributed by atoms with Crippen LogP contribution in [0.1, 0.15) is 20.3 Å². The van der Waals surface area contributed by atoms with Crippen LogP contribution in [0.5, 0.6) is 0 Å². The fourth-order valence-electron chi connectivity index (χ4n) is 1.74. The van der Waals surface area contributed by atoms with Crippen LogP contribution in [0.3, 0.4) is 0 Å². The molecule has 0 saturated heterocycles. The molecule has 3 nitrogen and oxygen atoms in total. The van der Waals surface area contributed by atoms with Crippen molar-refractivity contribution in [2.45, 2.75) is 25.8 Å². The first-order valence-electron chi connectivity index (χ1n) is 5.48. The molecule has 0 saturated carbocycles. The van der Waals surface area contributed by atoms with Crippen LogP contribution in [0.2, 0.25) is 0 Å². The van der Waals surface area contributed by atoms with Gasteiger partial charge in [0.1, 0.15) is 5.84 Å². The molecule has 1 aliphatic heterocycles. The Kier molecular flexibility index (Phi) is 4.09. The largest absolute Gasteiger partial charge is 0.370 e. The highest BCUT2D eigenvalue weighted by atomic mass is 15.1. The summed E-state index contributed by atoms with van der Waals surface area (Å²) in [6.45, 7) is 14.6. The quantitative estimate of drug-likeness (QED) is 0.647. The third-order valence-corrected chi connectivity index (χ3v) is 2.88. The van der Waals surface area contributed by atoms with Gasteiger partial charge in [-0.2, -0.15) is 0 Å². The zero-order valence-corrected chi connectivity index (χ0v) is 9.77. The van der Waals surface area contributed by atoms with E-state index in [0.29, 0.717) is 0 Å². The molecule has 0 radical (unpaired) electrons. The van der Waals surface area contributed by atoms with Gasteiger partial charge in [-0.1, -0.05) is 25.2 Å². The average molecular weight is 207 g/mol. The summed E-state index contributed by atoms with van der Waals surface area (Å²) in [4.78, 5) is 4.48. The molecule has 2 N–H and O–H groups in total. The van der Waals surface area contributed by atoms with Gasteiger partial charge in [0.05, 0.1) is 12.1 Å². The Bertz CT molecular complexity index is 281. The molecule has 0 fully saturated rings. The Balaban J connectivity index is 2.83. The molecule has 1 atom stereocenters. The summed E-state index contributed by atoms with van der Waals surface area (Å²) < 4.78 is 0. The van der Waals surface area contributed by atoms with Gasteiger partial charge in [0.15, 0.2) is 0 Å². The molecule has 3 heteroatoms. The van der Waals surface area contributed by atoms with Crippen LogP contribution in [0.4, 0.5) is 0 Å². The first-order chi connectivity index (χ1) is 7.15. The van der Waals surface area contributed by atoms with Gasteiger partial charge < -0.3 is 5.32 Å². The molecule has 1 unspecified atom stereocenters. The molecule has 1 heterocycles. The second-order valence-electron chi connectivity index (χ2n) is 3.91. The Morgan fingerprint density at radius 2 is 2.47 bits per heavy atom. The highest BCUT2D eigenvalue weighted by molar-refractivity contribution is 5.95. The Morgan fingerprint density at radius 3 is 2.93 bits per heavy atom. The van der Waals surface area contributed by atoms with Crippen LogP contribution >= 0.6 is 0 Å². The second kappa shape index (κ2) is 5.12. The summed E-state index contributed by atoms with van der Waals surface area (Å²) >= 11 is 0. The van der Waals surface area contributed by atoms with Gasteiger partial charge in [0.25, 0.3) is 0 Å². The first kappa shape index (κ1) is 12.0. The van der Waals surface area contributed by atoms with E-state index < -0.39 is 0 Å². The molecular formula is C12H21N3. The zero-order chi connectivity index (χ0) is 11.3. The van der Waals surface area contributed by atoms with Crippen LogP contribution in [0, 0.1) is 0 Å². The SMILES string of the molecule is C=CCNC(C)(C(=C)CC)C1=NCCN1. The summed E-state index contributed by atoms with van der Waals surface area (Å²) in [5, 5.41) is 6.74. The summed E-state index contributed by atoms with van der Waals surface area (Å²) in [5.41, 5.74) is 0.914. The van der Waals surface area contributed by atoms with Gasteiger partial charge >= 0.3 is 0 Å². The average Bonchev–Trinajstić information content (AvgIpc) is 2.78. The van der Waals surface area contributed by atoms with Crippen LogP contribution in [0.25, 0.3) is 0 Å². The van der Waals surface area contributed by atoms with Crippen molar-refractivity contribution in [1.29, 1.82) is 0 Å². The van der Waals surface area contributed by atoms with Crippen molar-refractivity contribution >= 4 is 5.84 Å². The maximum Gasteiger partial charge on any atom is 0.121 e. The molecule has 1 aliphatic rings. The van der Waals surface area contributed by atoms with Crippen molar-refractivity contribution in [2.24, 2.45) is 4.99 Å².